The Balaban J connectivity index is 2.23. The first kappa shape index (κ1) is 11.9. The van der Waals surface area contributed by atoms with Crippen LogP contribution < -0.4 is 0 Å². The monoisotopic (exact) mass is 206 g/mol. The topological polar surface area (TPSA) is 26.3 Å². The molecular formula is C13H18O2. The highest BCUT2D eigenvalue weighted by atomic mass is 16.5. The fourth-order valence-corrected chi connectivity index (χ4v) is 1.41. The van der Waals surface area contributed by atoms with Gasteiger partial charge in [-0.2, -0.15) is 0 Å². The number of hydrogen-bond donors (Lipinski definition) is 0. The van der Waals surface area contributed by atoms with Gasteiger partial charge in [-0.25, -0.2) is 0 Å². The van der Waals surface area contributed by atoms with Crippen molar-refractivity contribution in [2.75, 3.05) is 6.61 Å². The second kappa shape index (κ2) is 7.18. The van der Waals surface area contributed by atoms with E-state index >= 15 is 0 Å². The zero-order valence-corrected chi connectivity index (χ0v) is 9.19. The highest BCUT2D eigenvalue weighted by Crippen LogP contribution is 2.08. The van der Waals surface area contributed by atoms with E-state index in [4.69, 9.17) is 4.74 Å². The molecule has 2 nitrogen and oxygen atoms in total. The van der Waals surface area contributed by atoms with Crippen LogP contribution in [0, 0.1) is 5.92 Å². The van der Waals surface area contributed by atoms with E-state index in [1.165, 1.54) is 5.56 Å². The molecule has 1 atom stereocenters. The Morgan fingerprint density at radius 1 is 1.33 bits per heavy atom. The second-order valence-electron chi connectivity index (χ2n) is 3.68. The molecule has 0 bridgehead atoms. The average molecular weight is 206 g/mol. The van der Waals surface area contributed by atoms with Gasteiger partial charge in [0.2, 0.25) is 0 Å². The van der Waals surface area contributed by atoms with Crippen LogP contribution in [-0.4, -0.2) is 12.9 Å². The maximum absolute atomic E-state index is 10.4. The van der Waals surface area contributed by atoms with E-state index in [1.807, 2.05) is 30.3 Å². The Morgan fingerprint density at radius 2 is 2.07 bits per heavy atom. The van der Waals surface area contributed by atoms with Gasteiger partial charge in [0.05, 0.1) is 13.2 Å². The minimum absolute atomic E-state index is 0.367. The third kappa shape index (κ3) is 4.75. The molecule has 0 heterocycles. The van der Waals surface area contributed by atoms with E-state index in [2.05, 4.69) is 6.92 Å². The van der Waals surface area contributed by atoms with E-state index < -0.39 is 0 Å². The molecule has 1 rings (SSSR count). The van der Waals surface area contributed by atoms with E-state index in [-0.39, 0.29) is 0 Å². The molecule has 0 spiro atoms. The van der Waals surface area contributed by atoms with Crippen molar-refractivity contribution >= 4 is 6.29 Å². The molecule has 0 fully saturated rings. The van der Waals surface area contributed by atoms with Crippen LogP contribution in [0.4, 0.5) is 0 Å². The van der Waals surface area contributed by atoms with Gasteiger partial charge in [-0.1, -0.05) is 43.7 Å². The van der Waals surface area contributed by atoms with Gasteiger partial charge in [0, 0.05) is 6.42 Å². The molecule has 0 N–H and O–H groups in total. The third-order valence-electron chi connectivity index (χ3n) is 2.47. The molecular weight excluding hydrogens is 188 g/mol. The molecule has 0 aromatic heterocycles. The smallest absolute Gasteiger partial charge is 0.120 e. The molecule has 0 radical (unpaired) electrons. The molecule has 2 heteroatoms. The van der Waals surface area contributed by atoms with Crippen LogP contribution in [0.1, 0.15) is 25.3 Å². The van der Waals surface area contributed by atoms with Gasteiger partial charge in [0.1, 0.15) is 6.29 Å². The zero-order chi connectivity index (χ0) is 10.9. The summed E-state index contributed by atoms with van der Waals surface area (Å²) < 4.78 is 5.57. The van der Waals surface area contributed by atoms with Crippen LogP contribution in [0.3, 0.4) is 0 Å². The zero-order valence-electron chi connectivity index (χ0n) is 9.19. The van der Waals surface area contributed by atoms with Crippen molar-refractivity contribution in [1.82, 2.24) is 0 Å². The van der Waals surface area contributed by atoms with Crippen molar-refractivity contribution in [3.63, 3.8) is 0 Å². The molecule has 15 heavy (non-hydrogen) atoms. The van der Waals surface area contributed by atoms with Crippen molar-refractivity contribution in [3.05, 3.63) is 35.9 Å². The Morgan fingerprint density at radius 3 is 2.67 bits per heavy atom. The van der Waals surface area contributed by atoms with Crippen LogP contribution >= 0.6 is 0 Å². The Bertz CT molecular complexity index is 269. The lowest BCUT2D eigenvalue weighted by Crippen LogP contribution is -2.09. The van der Waals surface area contributed by atoms with Crippen LogP contribution in [-0.2, 0) is 16.1 Å². The van der Waals surface area contributed by atoms with Gasteiger partial charge in [0.25, 0.3) is 0 Å². The number of aldehydes is 1. The van der Waals surface area contributed by atoms with E-state index in [0.717, 1.165) is 12.7 Å². The maximum Gasteiger partial charge on any atom is 0.120 e. The minimum atomic E-state index is 0.367. The molecule has 1 aromatic carbocycles. The minimum Gasteiger partial charge on any atom is -0.376 e. The summed E-state index contributed by atoms with van der Waals surface area (Å²) in [4.78, 5) is 10.4. The van der Waals surface area contributed by atoms with Gasteiger partial charge in [-0.05, 0) is 11.5 Å². The van der Waals surface area contributed by atoms with Crippen molar-refractivity contribution < 1.29 is 9.53 Å². The summed E-state index contributed by atoms with van der Waals surface area (Å²) in [6.45, 7) is 3.39. The fraction of sp³-hybridized carbons (Fsp3) is 0.462. The van der Waals surface area contributed by atoms with Crippen molar-refractivity contribution in [2.24, 2.45) is 5.92 Å². The molecule has 0 unspecified atom stereocenters. The van der Waals surface area contributed by atoms with Crippen LogP contribution in [0.25, 0.3) is 0 Å². The summed E-state index contributed by atoms with van der Waals surface area (Å²) in [5, 5.41) is 0. The largest absolute Gasteiger partial charge is 0.376 e. The predicted molar refractivity (Wildman–Crippen MR) is 60.6 cm³/mol. The Kier molecular flexibility index (Phi) is 5.71. The fourth-order valence-electron chi connectivity index (χ4n) is 1.41. The lowest BCUT2D eigenvalue weighted by Gasteiger charge is -2.11. The highest BCUT2D eigenvalue weighted by molar-refractivity contribution is 5.49. The Hall–Kier alpha value is -1.15. The van der Waals surface area contributed by atoms with Crippen LogP contribution in [0.2, 0.25) is 0 Å². The lowest BCUT2D eigenvalue weighted by atomic mass is 10.1. The molecule has 0 saturated carbocycles. The molecule has 0 aliphatic heterocycles. The van der Waals surface area contributed by atoms with Crippen LogP contribution in [0.5, 0.6) is 0 Å². The molecule has 0 aliphatic rings. The van der Waals surface area contributed by atoms with Gasteiger partial charge < -0.3 is 9.53 Å². The third-order valence-corrected chi connectivity index (χ3v) is 2.47. The van der Waals surface area contributed by atoms with Crippen molar-refractivity contribution in [2.45, 2.75) is 26.4 Å². The number of hydrogen-bond acceptors (Lipinski definition) is 2. The van der Waals surface area contributed by atoms with E-state index in [9.17, 15) is 4.79 Å². The van der Waals surface area contributed by atoms with Gasteiger partial charge in [0.15, 0.2) is 0 Å². The second-order valence-corrected chi connectivity index (χ2v) is 3.68. The summed E-state index contributed by atoms with van der Waals surface area (Å²) in [6.07, 6.45) is 2.57. The van der Waals surface area contributed by atoms with Gasteiger partial charge >= 0.3 is 0 Å². The van der Waals surface area contributed by atoms with Gasteiger partial charge in [-0.15, -0.1) is 0 Å². The standard InChI is InChI=1S/C13H18O2/c1-2-12(8-9-14)10-15-11-13-6-4-3-5-7-13/h3-7,9,12H,2,8,10-11H2,1H3/t12-/m1/s1. The number of carbonyl (C=O) groups excluding carboxylic acids is 1. The van der Waals surface area contributed by atoms with Crippen molar-refractivity contribution in [1.29, 1.82) is 0 Å². The SMILES string of the molecule is CC[C@H](CC=O)COCc1ccccc1. The maximum atomic E-state index is 10.4. The van der Waals surface area contributed by atoms with Crippen LogP contribution in [0.15, 0.2) is 30.3 Å². The summed E-state index contributed by atoms with van der Waals surface area (Å²) in [6, 6.07) is 10.1. The number of ether oxygens (including phenoxy) is 1. The molecule has 0 amide bonds. The number of rotatable bonds is 7. The summed E-state index contributed by atoms with van der Waals surface area (Å²) in [7, 11) is 0. The van der Waals surface area contributed by atoms with Crippen molar-refractivity contribution in [3.8, 4) is 0 Å². The van der Waals surface area contributed by atoms with Gasteiger partial charge in [-0.3, -0.25) is 0 Å². The molecule has 1 aromatic rings. The first-order valence-corrected chi connectivity index (χ1v) is 5.42. The number of carbonyl (C=O) groups is 1. The molecule has 0 aliphatic carbocycles. The average Bonchev–Trinajstić information content (AvgIpc) is 2.29. The lowest BCUT2D eigenvalue weighted by molar-refractivity contribution is -0.109. The summed E-state index contributed by atoms with van der Waals surface area (Å²) in [5.41, 5.74) is 1.18. The Labute approximate surface area is 91.3 Å². The summed E-state index contributed by atoms with van der Waals surface area (Å²) >= 11 is 0. The van der Waals surface area contributed by atoms with E-state index in [1.54, 1.807) is 0 Å². The highest BCUT2D eigenvalue weighted by Gasteiger charge is 2.05. The van der Waals surface area contributed by atoms with E-state index in [0.29, 0.717) is 25.6 Å². The first-order chi connectivity index (χ1) is 7.36. The molecule has 82 valence electrons. The first-order valence-electron chi connectivity index (χ1n) is 5.42. The normalized spacial score (nSPS) is 12.3. The molecule has 0 saturated heterocycles. The number of benzene rings is 1. The summed E-state index contributed by atoms with van der Waals surface area (Å²) in [5.74, 6) is 0.367. The quantitative estimate of drug-likeness (QED) is 0.641. The predicted octanol–water partition coefficient (Wildman–Crippen LogP) is 2.82.